The Hall–Kier alpha value is -0.910. The molecule has 112 valence electrons. The third kappa shape index (κ3) is 5.09. The van der Waals surface area contributed by atoms with Gasteiger partial charge >= 0.3 is 0 Å². The molecule has 1 N–H and O–H groups in total. The van der Waals surface area contributed by atoms with Gasteiger partial charge in [-0.15, -0.1) is 0 Å². The number of benzene rings is 1. The maximum Gasteiger partial charge on any atom is 0.141 e. The van der Waals surface area contributed by atoms with Gasteiger partial charge in [0, 0.05) is 29.0 Å². The predicted molar refractivity (Wildman–Crippen MR) is 92.7 cm³/mol. The van der Waals surface area contributed by atoms with Crippen LogP contribution in [0.25, 0.3) is 0 Å². The highest BCUT2D eigenvalue weighted by Gasteiger charge is 2.08. The largest absolute Gasteiger partial charge is 0.456 e. The Kier molecular flexibility index (Phi) is 6.21. The highest BCUT2D eigenvalue weighted by atomic mass is 79.9. The van der Waals surface area contributed by atoms with Crippen molar-refractivity contribution >= 4 is 31.9 Å². The number of nitrogens with one attached hydrogen (secondary N) is 1. The standard InChI is InChI=1S/C16H18Br2N2O/c1-11(2)8-20-10-12-9-19-6-5-15(12)21-16-4-3-13(17)7-14(16)18/h3-7,9,11,20H,8,10H2,1-2H3. The molecule has 1 aromatic heterocycles. The van der Waals surface area contributed by atoms with Gasteiger partial charge in [0.1, 0.15) is 11.5 Å². The van der Waals surface area contributed by atoms with Crippen molar-refractivity contribution in [3.05, 3.63) is 51.2 Å². The van der Waals surface area contributed by atoms with Gasteiger partial charge in [-0.2, -0.15) is 0 Å². The number of aromatic nitrogens is 1. The van der Waals surface area contributed by atoms with E-state index >= 15 is 0 Å². The molecule has 5 heteroatoms. The summed E-state index contributed by atoms with van der Waals surface area (Å²) in [6.07, 6.45) is 3.59. The molecule has 0 unspecified atom stereocenters. The Morgan fingerprint density at radius 1 is 1.19 bits per heavy atom. The summed E-state index contributed by atoms with van der Waals surface area (Å²) in [6.45, 7) is 6.09. The zero-order valence-corrected chi connectivity index (χ0v) is 15.2. The maximum absolute atomic E-state index is 6.01. The lowest BCUT2D eigenvalue weighted by Crippen LogP contribution is -2.19. The van der Waals surface area contributed by atoms with Crippen LogP contribution in [0, 0.1) is 5.92 Å². The SMILES string of the molecule is CC(C)CNCc1cnccc1Oc1ccc(Br)cc1Br. The molecule has 0 amide bonds. The zero-order chi connectivity index (χ0) is 15.2. The first-order valence-corrected chi connectivity index (χ1v) is 8.41. The minimum absolute atomic E-state index is 0.617. The third-order valence-electron chi connectivity index (χ3n) is 2.84. The smallest absolute Gasteiger partial charge is 0.141 e. The minimum Gasteiger partial charge on any atom is -0.456 e. The molecule has 2 rings (SSSR count). The summed E-state index contributed by atoms with van der Waals surface area (Å²) in [5, 5.41) is 3.41. The van der Waals surface area contributed by atoms with Crippen molar-refractivity contribution < 1.29 is 4.74 Å². The highest BCUT2D eigenvalue weighted by molar-refractivity contribution is 9.11. The van der Waals surface area contributed by atoms with E-state index in [4.69, 9.17) is 4.74 Å². The van der Waals surface area contributed by atoms with E-state index < -0.39 is 0 Å². The van der Waals surface area contributed by atoms with Gasteiger partial charge in [-0.1, -0.05) is 29.8 Å². The molecule has 2 aromatic rings. The molecule has 0 radical (unpaired) electrons. The molecule has 0 saturated carbocycles. The van der Waals surface area contributed by atoms with Crippen molar-refractivity contribution in [3.8, 4) is 11.5 Å². The van der Waals surface area contributed by atoms with Crippen LogP contribution < -0.4 is 10.1 Å². The zero-order valence-electron chi connectivity index (χ0n) is 12.1. The van der Waals surface area contributed by atoms with Gasteiger partial charge in [0.05, 0.1) is 4.47 Å². The van der Waals surface area contributed by atoms with Crippen molar-refractivity contribution in [1.29, 1.82) is 0 Å². The molecule has 21 heavy (non-hydrogen) atoms. The second kappa shape index (κ2) is 7.92. The van der Waals surface area contributed by atoms with E-state index in [-0.39, 0.29) is 0 Å². The molecule has 1 aromatic carbocycles. The first-order chi connectivity index (χ1) is 10.1. The summed E-state index contributed by atoms with van der Waals surface area (Å²) < 4.78 is 7.93. The highest BCUT2D eigenvalue weighted by Crippen LogP contribution is 2.33. The van der Waals surface area contributed by atoms with Crippen LogP contribution in [-0.2, 0) is 6.54 Å². The quantitative estimate of drug-likeness (QED) is 0.711. The summed E-state index contributed by atoms with van der Waals surface area (Å²) in [5.41, 5.74) is 1.05. The van der Waals surface area contributed by atoms with Crippen LogP contribution in [0.2, 0.25) is 0 Å². The Balaban J connectivity index is 2.12. The number of nitrogens with zero attached hydrogens (tertiary/aromatic N) is 1. The molecule has 0 spiro atoms. The number of pyridine rings is 1. The molecule has 0 aliphatic heterocycles. The number of hydrogen-bond donors (Lipinski definition) is 1. The van der Waals surface area contributed by atoms with Crippen molar-refractivity contribution in [3.63, 3.8) is 0 Å². The summed E-state index contributed by atoms with van der Waals surface area (Å²) >= 11 is 6.95. The van der Waals surface area contributed by atoms with Gasteiger partial charge < -0.3 is 10.1 Å². The molecule has 0 aliphatic rings. The predicted octanol–water partition coefficient (Wildman–Crippen LogP) is 5.14. The van der Waals surface area contributed by atoms with E-state index in [1.165, 1.54) is 0 Å². The fraction of sp³-hybridized carbons (Fsp3) is 0.312. The minimum atomic E-state index is 0.617. The molecule has 0 aliphatic carbocycles. The van der Waals surface area contributed by atoms with Crippen LogP contribution in [0.1, 0.15) is 19.4 Å². The van der Waals surface area contributed by atoms with Crippen molar-refractivity contribution in [2.75, 3.05) is 6.54 Å². The Labute approximate surface area is 142 Å². The Morgan fingerprint density at radius 2 is 2.00 bits per heavy atom. The van der Waals surface area contributed by atoms with E-state index in [2.05, 4.69) is 56.0 Å². The first-order valence-electron chi connectivity index (χ1n) is 6.82. The molecule has 0 saturated heterocycles. The van der Waals surface area contributed by atoms with Crippen LogP contribution in [-0.4, -0.2) is 11.5 Å². The molecule has 0 fully saturated rings. The van der Waals surface area contributed by atoms with E-state index in [9.17, 15) is 0 Å². The van der Waals surface area contributed by atoms with Crippen LogP contribution in [0.3, 0.4) is 0 Å². The van der Waals surface area contributed by atoms with Crippen LogP contribution in [0.4, 0.5) is 0 Å². The maximum atomic E-state index is 6.01. The molecule has 0 atom stereocenters. The molecular formula is C16H18Br2N2O. The lowest BCUT2D eigenvalue weighted by Gasteiger charge is -2.13. The normalized spacial score (nSPS) is 10.9. The number of rotatable bonds is 6. The van der Waals surface area contributed by atoms with Gasteiger partial charge in [0.15, 0.2) is 0 Å². The van der Waals surface area contributed by atoms with Gasteiger partial charge in [-0.25, -0.2) is 0 Å². The van der Waals surface area contributed by atoms with E-state index in [0.717, 1.165) is 39.1 Å². The van der Waals surface area contributed by atoms with Crippen LogP contribution in [0.5, 0.6) is 11.5 Å². The third-order valence-corrected chi connectivity index (χ3v) is 3.95. The fourth-order valence-corrected chi connectivity index (χ4v) is 2.95. The average Bonchev–Trinajstić information content (AvgIpc) is 2.43. The van der Waals surface area contributed by atoms with Crippen molar-refractivity contribution in [1.82, 2.24) is 10.3 Å². The average molecular weight is 414 g/mol. The van der Waals surface area contributed by atoms with Crippen molar-refractivity contribution in [2.45, 2.75) is 20.4 Å². The monoisotopic (exact) mass is 412 g/mol. The van der Waals surface area contributed by atoms with Gasteiger partial charge in [-0.3, -0.25) is 4.98 Å². The van der Waals surface area contributed by atoms with Crippen LogP contribution in [0.15, 0.2) is 45.6 Å². The molecule has 1 heterocycles. The summed E-state index contributed by atoms with van der Waals surface area (Å²) in [5.74, 6) is 2.23. The van der Waals surface area contributed by atoms with E-state index in [1.54, 1.807) is 6.20 Å². The second-order valence-corrected chi connectivity index (χ2v) is 6.95. The van der Waals surface area contributed by atoms with Crippen LogP contribution >= 0.6 is 31.9 Å². The summed E-state index contributed by atoms with van der Waals surface area (Å²) in [6, 6.07) is 7.74. The first kappa shape index (κ1) is 16.5. The second-order valence-electron chi connectivity index (χ2n) is 5.18. The molecular weight excluding hydrogens is 396 g/mol. The number of halogens is 2. The lowest BCUT2D eigenvalue weighted by molar-refractivity contribution is 0.465. The molecule has 3 nitrogen and oxygen atoms in total. The summed E-state index contributed by atoms with van der Waals surface area (Å²) in [7, 11) is 0. The van der Waals surface area contributed by atoms with Gasteiger partial charge in [-0.05, 0) is 52.7 Å². The lowest BCUT2D eigenvalue weighted by atomic mass is 10.2. The summed E-state index contributed by atoms with van der Waals surface area (Å²) in [4.78, 5) is 4.18. The number of ether oxygens (including phenoxy) is 1. The van der Waals surface area contributed by atoms with Gasteiger partial charge in [0.25, 0.3) is 0 Å². The topological polar surface area (TPSA) is 34.2 Å². The Bertz CT molecular complexity index is 603. The van der Waals surface area contributed by atoms with Gasteiger partial charge in [0.2, 0.25) is 0 Å². The number of hydrogen-bond acceptors (Lipinski definition) is 3. The molecule has 0 bridgehead atoms. The Morgan fingerprint density at radius 3 is 2.71 bits per heavy atom. The van der Waals surface area contributed by atoms with Crippen molar-refractivity contribution in [2.24, 2.45) is 5.92 Å². The van der Waals surface area contributed by atoms with E-state index in [0.29, 0.717) is 5.92 Å². The van der Waals surface area contributed by atoms with E-state index in [1.807, 2.05) is 30.5 Å². The fourth-order valence-electron chi connectivity index (χ4n) is 1.82.